The van der Waals surface area contributed by atoms with E-state index in [1.54, 1.807) is 20.9 Å². The van der Waals surface area contributed by atoms with Crippen LogP contribution >= 0.6 is 0 Å². The van der Waals surface area contributed by atoms with E-state index in [1.165, 1.54) is 6.92 Å². The summed E-state index contributed by atoms with van der Waals surface area (Å²) in [7, 11) is 1.88. The molecule has 1 atom stereocenters. The van der Waals surface area contributed by atoms with Crippen molar-refractivity contribution in [1.29, 1.82) is 0 Å². The van der Waals surface area contributed by atoms with E-state index in [9.17, 15) is 9.18 Å². The third-order valence-corrected chi connectivity index (χ3v) is 4.26. The molecule has 1 aromatic heterocycles. The van der Waals surface area contributed by atoms with Crippen LogP contribution in [0.2, 0.25) is 0 Å². The molecule has 0 aliphatic carbocycles. The van der Waals surface area contributed by atoms with Gasteiger partial charge in [0, 0.05) is 38.8 Å². The minimum Gasteiger partial charge on any atom is -0.492 e. The molecule has 1 saturated heterocycles. The lowest BCUT2D eigenvalue weighted by Gasteiger charge is -2.30. The fourth-order valence-electron chi connectivity index (χ4n) is 3.00. The quantitative estimate of drug-likeness (QED) is 0.805. The highest BCUT2D eigenvalue weighted by Crippen LogP contribution is 2.23. The van der Waals surface area contributed by atoms with Gasteiger partial charge < -0.3 is 4.74 Å². The molecule has 0 N–H and O–H groups in total. The van der Waals surface area contributed by atoms with E-state index in [2.05, 4.69) is 5.10 Å². The van der Waals surface area contributed by atoms with E-state index < -0.39 is 6.17 Å². The number of carbonyl (C=O) groups excluding carboxylic acids is 1. The number of hydrogen-bond donors (Lipinski definition) is 0. The van der Waals surface area contributed by atoms with E-state index in [0.29, 0.717) is 26.1 Å². The van der Waals surface area contributed by atoms with E-state index in [4.69, 9.17) is 4.74 Å². The summed E-state index contributed by atoms with van der Waals surface area (Å²) in [5, 5.41) is 7.51. The predicted octanol–water partition coefficient (Wildman–Crippen LogP) is 2.27. The molecule has 25 heavy (non-hydrogen) atoms. The van der Waals surface area contributed by atoms with Crippen molar-refractivity contribution in [2.45, 2.75) is 19.5 Å². The second-order valence-electron chi connectivity index (χ2n) is 6.22. The monoisotopic (exact) mass is 346 g/mol. The van der Waals surface area contributed by atoms with Crippen LogP contribution in [0.25, 0.3) is 11.1 Å². The number of aromatic nitrogens is 2. The molecule has 0 spiro atoms. The lowest BCUT2D eigenvalue weighted by Crippen LogP contribution is -2.46. The minimum atomic E-state index is -0.862. The Morgan fingerprint density at radius 2 is 2.28 bits per heavy atom. The zero-order valence-electron chi connectivity index (χ0n) is 14.6. The molecule has 1 aliphatic rings. The van der Waals surface area contributed by atoms with Crippen LogP contribution in [0.4, 0.5) is 4.39 Å². The van der Waals surface area contributed by atoms with Gasteiger partial charge in [-0.25, -0.2) is 9.40 Å². The number of alkyl halides is 1. The highest BCUT2D eigenvalue weighted by molar-refractivity contribution is 5.72. The van der Waals surface area contributed by atoms with Crippen LogP contribution in [0, 0.1) is 0 Å². The average molecular weight is 346 g/mol. The van der Waals surface area contributed by atoms with Crippen molar-refractivity contribution in [3.05, 3.63) is 36.7 Å². The SMILES string of the molecule is CC(=O)N(CCOc1cccc(-c2cnn(C)c2)c1)N1CCC(F)C1. The van der Waals surface area contributed by atoms with Crippen LogP contribution < -0.4 is 4.74 Å². The van der Waals surface area contributed by atoms with Gasteiger partial charge >= 0.3 is 0 Å². The van der Waals surface area contributed by atoms with Crippen LogP contribution in [-0.4, -0.2) is 58.1 Å². The van der Waals surface area contributed by atoms with E-state index >= 15 is 0 Å². The number of aryl methyl sites for hydroxylation is 1. The summed E-state index contributed by atoms with van der Waals surface area (Å²) in [6.07, 6.45) is 3.35. The fourth-order valence-corrected chi connectivity index (χ4v) is 3.00. The molecule has 3 rings (SSSR count). The van der Waals surface area contributed by atoms with Crippen molar-refractivity contribution in [3.63, 3.8) is 0 Å². The highest BCUT2D eigenvalue weighted by atomic mass is 19.1. The zero-order valence-corrected chi connectivity index (χ0v) is 14.6. The molecule has 0 bridgehead atoms. The zero-order chi connectivity index (χ0) is 17.8. The molecule has 1 fully saturated rings. The van der Waals surface area contributed by atoms with Crippen LogP contribution in [0.3, 0.4) is 0 Å². The molecule has 1 amide bonds. The van der Waals surface area contributed by atoms with Gasteiger partial charge in [0.15, 0.2) is 0 Å². The van der Waals surface area contributed by atoms with Gasteiger partial charge in [-0.2, -0.15) is 5.10 Å². The molecule has 1 aromatic carbocycles. The van der Waals surface area contributed by atoms with Crippen molar-refractivity contribution in [2.24, 2.45) is 7.05 Å². The van der Waals surface area contributed by atoms with Crippen LogP contribution in [-0.2, 0) is 11.8 Å². The Bertz CT molecular complexity index is 733. The smallest absolute Gasteiger partial charge is 0.233 e. The van der Waals surface area contributed by atoms with Gasteiger partial charge in [0.1, 0.15) is 18.5 Å². The second kappa shape index (κ2) is 7.65. The number of carbonyl (C=O) groups is 1. The summed E-state index contributed by atoms with van der Waals surface area (Å²) >= 11 is 0. The second-order valence-corrected chi connectivity index (χ2v) is 6.22. The van der Waals surface area contributed by atoms with Gasteiger partial charge in [-0.15, -0.1) is 0 Å². The van der Waals surface area contributed by atoms with Crippen molar-refractivity contribution < 1.29 is 13.9 Å². The van der Waals surface area contributed by atoms with E-state index in [1.807, 2.05) is 37.5 Å². The molecular weight excluding hydrogens is 323 g/mol. The summed E-state index contributed by atoms with van der Waals surface area (Å²) in [6, 6.07) is 7.75. The van der Waals surface area contributed by atoms with Crippen molar-refractivity contribution in [2.75, 3.05) is 26.2 Å². The molecule has 2 aromatic rings. The summed E-state index contributed by atoms with van der Waals surface area (Å²) in [5.41, 5.74) is 2.04. The molecule has 0 saturated carbocycles. The molecule has 6 nitrogen and oxygen atoms in total. The molecule has 1 unspecified atom stereocenters. The number of ether oxygens (including phenoxy) is 1. The first kappa shape index (κ1) is 17.4. The molecule has 0 radical (unpaired) electrons. The number of halogens is 1. The first-order valence-corrected chi connectivity index (χ1v) is 8.42. The maximum absolute atomic E-state index is 13.4. The number of amides is 1. The van der Waals surface area contributed by atoms with Crippen molar-refractivity contribution in [1.82, 2.24) is 19.8 Å². The van der Waals surface area contributed by atoms with Gasteiger partial charge in [0.25, 0.3) is 0 Å². The van der Waals surface area contributed by atoms with Crippen molar-refractivity contribution >= 4 is 5.91 Å². The Labute approximate surface area is 146 Å². The maximum Gasteiger partial charge on any atom is 0.233 e. The Hall–Kier alpha value is -2.41. The van der Waals surface area contributed by atoms with E-state index in [-0.39, 0.29) is 12.5 Å². The van der Waals surface area contributed by atoms with Crippen LogP contribution in [0.15, 0.2) is 36.7 Å². The number of benzene rings is 1. The maximum atomic E-state index is 13.4. The number of hydrogen-bond acceptors (Lipinski definition) is 4. The fraction of sp³-hybridized carbons (Fsp3) is 0.444. The van der Waals surface area contributed by atoms with Gasteiger partial charge in [0.05, 0.1) is 12.7 Å². The van der Waals surface area contributed by atoms with Gasteiger partial charge in [0.2, 0.25) is 5.91 Å². The summed E-state index contributed by atoms with van der Waals surface area (Å²) in [5.74, 6) is 0.636. The van der Waals surface area contributed by atoms with E-state index in [0.717, 1.165) is 16.9 Å². The lowest BCUT2D eigenvalue weighted by atomic mass is 10.1. The van der Waals surface area contributed by atoms with Gasteiger partial charge in [-0.05, 0) is 24.1 Å². The molecular formula is C18H23FN4O2. The van der Waals surface area contributed by atoms with Gasteiger partial charge in [-0.3, -0.25) is 14.5 Å². The van der Waals surface area contributed by atoms with Crippen molar-refractivity contribution in [3.8, 4) is 16.9 Å². The highest BCUT2D eigenvalue weighted by Gasteiger charge is 2.28. The first-order valence-electron chi connectivity index (χ1n) is 8.42. The molecule has 134 valence electrons. The van der Waals surface area contributed by atoms with Crippen LogP contribution in [0.1, 0.15) is 13.3 Å². The summed E-state index contributed by atoms with van der Waals surface area (Å²) < 4.78 is 20.9. The normalized spacial score (nSPS) is 17.6. The topological polar surface area (TPSA) is 50.6 Å². The molecule has 1 aliphatic heterocycles. The average Bonchev–Trinajstić information content (AvgIpc) is 3.20. The molecule has 2 heterocycles. The Morgan fingerprint density at radius 1 is 1.44 bits per heavy atom. The Balaban J connectivity index is 1.58. The minimum absolute atomic E-state index is 0.0955. The third-order valence-electron chi connectivity index (χ3n) is 4.26. The largest absolute Gasteiger partial charge is 0.492 e. The molecule has 7 heteroatoms. The summed E-state index contributed by atoms with van der Waals surface area (Å²) in [6.45, 7) is 3.09. The third kappa shape index (κ3) is 4.36. The summed E-state index contributed by atoms with van der Waals surface area (Å²) in [4.78, 5) is 11.8. The lowest BCUT2D eigenvalue weighted by molar-refractivity contribution is -0.145. The number of nitrogens with zero attached hydrogens (tertiary/aromatic N) is 4. The number of rotatable bonds is 6. The Morgan fingerprint density at radius 3 is 2.92 bits per heavy atom. The predicted molar refractivity (Wildman–Crippen MR) is 92.6 cm³/mol. The standard InChI is InChI=1S/C18H23FN4O2/c1-14(24)23(22-7-6-17(19)13-22)8-9-25-18-5-3-4-15(10-18)16-11-20-21(2)12-16/h3-5,10-12,17H,6-9,13H2,1-2H3. The van der Waals surface area contributed by atoms with Gasteiger partial charge in [-0.1, -0.05) is 12.1 Å². The first-order chi connectivity index (χ1) is 12.0. The van der Waals surface area contributed by atoms with Crippen LogP contribution in [0.5, 0.6) is 5.75 Å². The number of hydrazine groups is 1. The Kier molecular flexibility index (Phi) is 5.33.